The smallest absolute Gasteiger partial charge is 0.224 e. The SMILES string of the molecule is CN(C)CCCN(C)c1ncc(CCN)cn1. The van der Waals surface area contributed by atoms with Gasteiger partial charge in [0.1, 0.15) is 0 Å². The van der Waals surface area contributed by atoms with Gasteiger partial charge in [-0.1, -0.05) is 0 Å². The van der Waals surface area contributed by atoms with Crippen molar-refractivity contribution in [2.45, 2.75) is 12.8 Å². The average molecular weight is 237 g/mol. The van der Waals surface area contributed by atoms with Crippen LogP contribution < -0.4 is 10.6 Å². The summed E-state index contributed by atoms with van der Waals surface area (Å²) in [7, 11) is 6.18. The third-order valence-electron chi connectivity index (χ3n) is 2.56. The standard InChI is InChI=1S/C12H23N5/c1-16(2)7-4-8-17(3)12-14-9-11(5-6-13)10-15-12/h9-10H,4-8,13H2,1-3H3. The van der Waals surface area contributed by atoms with Crippen LogP contribution in [0.25, 0.3) is 0 Å². The molecule has 0 saturated carbocycles. The fourth-order valence-corrected chi connectivity index (χ4v) is 1.56. The van der Waals surface area contributed by atoms with Crippen LogP contribution in [0, 0.1) is 0 Å². The number of nitrogens with zero attached hydrogens (tertiary/aromatic N) is 4. The molecule has 0 aliphatic rings. The zero-order chi connectivity index (χ0) is 12.7. The van der Waals surface area contributed by atoms with Gasteiger partial charge >= 0.3 is 0 Å². The molecule has 96 valence electrons. The highest BCUT2D eigenvalue weighted by atomic mass is 15.2. The first-order chi connectivity index (χ1) is 8.13. The first kappa shape index (κ1) is 13.9. The molecule has 0 bridgehead atoms. The Balaban J connectivity index is 2.43. The maximum atomic E-state index is 5.48. The van der Waals surface area contributed by atoms with Gasteiger partial charge in [-0.05, 0) is 45.6 Å². The van der Waals surface area contributed by atoms with Gasteiger partial charge in [0.15, 0.2) is 0 Å². The summed E-state index contributed by atoms with van der Waals surface area (Å²) in [5, 5.41) is 0. The largest absolute Gasteiger partial charge is 0.344 e. The van der Waals surface area contributed by atoms with Crippen LogP contribution in [0.3, 0.4) is 0 Å². The molecule has 17 heavy (non-hydrogen) atoms. The summed E-state index contributed by atoms with van der Waals surface area (Å²) >= 11 is 0. The maximum Gasteiger partial charge on any atom is 0.224 e. The molecule has 1 aromatic heterocycles. The van der Waals surface area contributed by atoms with E-state index in [4.69, 9.17) is 5.73 Å². The fourth-order valence-electron chi connectivity index (χ4n) is 1.56. The Labute approximate surface area is 104 Å². The average Bonchev–Trinajstić information content (AvgIpc) is 2.30. The van der Waals surface area contributed by atoms with Crippen molar-refractivity contribution in [2.75, 3.05) is 45.7 Å². The number of anilines is 1. The molecular weight excluding hydrogens is 214 g/mol. The number of rotatable bonds is 7. The van der Waals surface area contributed by atoms with E-state index in [1.54, 1.807) is 0 Å². The van der Waals surface area contributed by atoms with Crippen LogP contribution in [0.2, 0.25) is 0 Å². The summed E-state index contributed by atoms with van der Waals surface area (Å²) in [5.41, 5.74) is 6.58. The molecule has 2 N–H and O–H groups in total. The van der Waals surface area contributed by atoms with Crippen LogP contribution in [-0.4, -0.2) is 55.6 Å². The van der Waals surface area contributed by atoms with Crippen molar-refractivity contribution in [3.05, 3.63) is 18.0 Å². The monoisotopic (exact) mass is 237 g/mol. The molecule has 1 aromatic rings. The molecule has 0 unspecified atom stereocenters. The van der Waals surface area contributed by atoms with E-state index in [1.165, 1.54) is 0 Å². The second-order valence-corrected chi connectivity index (χ2v) is 4.51. The maximum absolute atomic E-state index is 5.48. The van der Waals surface area contributed by atoms with Gasteiger partial charge in [0.25, 0.3) is 0 Å². The molecule has 1 heterocycles. The number of hydrogen-bond acceptors (Lipinski definition) is 5. The number of aromatic nitrogens is 2. The summed E-state index contributed by atoms with van der Waals surface area (Å²) in [5.74, 6) is 0.782. The van der Waals surface area contributed by atoms with E-state index in [9.17, 15) is 0 Å². The molecule has 0 saturated heterocycles. The predicted octanol–water partition coefficient (Wildman–Crippen LogP) is 0.366. The van der Waals surface area contributed by atoms with Crippen molar-refractivity contribution >= 4 is 5.95 Å². The molecular formula is C12H23N5. The van der Waals surface area contributed by atoms with Crippen LogP contribution in [0.1, 0.15) is 12.0 Å². The molecule has 0 amide bonds. The Kier molecular flexibility index (Phi) is 5.86. The summed E-state index contributed by atoms with van der Waals surface area (Å²) < 4.78 is 0. The van der Waals surface area contributed by atoms with Crippen LogP contribution in [0.5, 0.6) is 0 Å². The van der Waals surface area contributed by atoms with Gasteiger partial charge in [0.2, 0.25) is 5.95 Å². The zero-order valence-electron chi connectivity index (χ0n) is 11.1. The Hall–Kier alpha value is -1.20. The van der Waals surface area contributed by atoms with E-state index in [-0.39, 0.29) is 0 Å². The summed E-state index contributed by atoms with van der Waals surface area (Å²) in [6.45, 7) is 2.69. The molecule has 0 aliphatic heterocycles. The van der Waals surface area contributed by atoms with Crippen molar-refractivity contribution in [1.82, 2.24) is 14.9 Å². The number of hydrogen-bond donors (Lipinski definition) is 1. The molecule has 5 nitrogen and oxygen atoms in total. The molecule has 0 atom stereocenters. The highest BCUT2D eigenvalue weighted by molar-refractivity contribution is 5.28. The van der Waals surface area contributed by atoms with Gasteiger partial charge in [-0.25, -0.2) is 9.97 Å². The van der Waals surface area contributed by atoms with E-state index < -0.39 is 0 Å². The minimum Gasteiger partial charge on any atom is -0.344 e. The third kappa shape index (κ3) is 5.10. The van der Waals surface area contributed by atoms with Gasteiger partial charge in [0.05, 0.1) is 0 Å². The fraction of sp³-hybridized carbons (Fsp3) is 0.667. The van der Waals surface area contributed by atoms with E-state index in [2.05, 4.69) is 33.9 Å². The zero-order valence-corrected chi connectivity index (χ0v) is 11.1. The lowest BCUT2D eigenvalue weighted by molar-refractivity contribution is 0.401. The Morgan fingerprint density at radius 1 is 1.12 bits per heavy atom. The Morgan fingerprint density at radius 2 is 1.76 bits per heavy atom. The summed E-state index contributed by atoms with van der Waals surface area (Å²) in [6.07, 6.45) is 5.66. The van der Waals surface area contributed by atoms with Crippen LogP contribution in [0.15, 0.2) is 12.4 Å². The van der Waals surface area contributed by atoms with E-state index in [1.807, 2.05) is 19.4 Å². The second-order valence-electron chi connectivity index (χ2n) is 4.51. The van der Waals surface area contributed by atoms with Gasteiger partial charge in [0, 0.05) is 26.0 Å². The minimum atomic E-state index is 0.640. The molecule has 0 radical (unpaired) electrons. The van der Waals surface area contributed by atoms with Gasteiger partial charge in [-0.2, -0.15) is 0 Å². The first-order valence-corrected chi connectivity index (χ1v) is 6.00. The molecule has 0 spiro atoms. The van der Waals surface area contributed by atoms with E-state index in [0.29, 0.717) is 6.54 Å². The topological polar surface area (TPSA) is 58.3 Å². The third-order valence-corrected chi connectivity index (χ3v) is 2.56. The van der Waals surface area contributed by atoms with Crippen molar-refractivity contribution in [3.63, 3.8) is 0 Å². The lowest BCUT2D eigenvalue weighted by Crippen LogP contribution is -2.24. The van der Waals surface area contributed by atoms with Crippen LogP contribution in [0.4, 0.5) is 5.95 Å². The van der Waals surface area contributed by atoms with Gasteiger partial charge in [-0.3, -0.25) is 0 Å². The predicted molar refractivity (Wildman–Crippen MR) is 71.2 cm³/mol. The van der Waals surface area contributed by atoms with E-state index >= 15 is 0 Å². The second kappa shape index (κ2) is 7.19. The Morgan fingerprint density at radius 3 is 2.29 bits per heavy atom. The van der Waals surface area contributed by atoms with Crippen LogP contribution in [-0.2, 0) is 6.42 Å². The van der Waals surface area contributed by atoms with Crippen molar-refractivity contribution in [3.8, 4) is 0 Å². The highest BCUT2D eigenvalue weighted by Crippen LogP contribution is 2.05. The highest BCUT2D eigenvalue weighted by Gasteiger charge is 2.04. The molecule has 5 heteroatoms. The molecule has 0 fully saturated rings. The van der Waals surface area contributed by atoms with Gasteiger partial charge < -0.3 is 15.5 Å². The molecule has 0 aliphatic carbocycles. The summed E-state index contributed by atoms with van der Waals surface area (Å²) in [6, 6.07) is 0. The Bertz CT molecular complexity index is 309. The summed E-state index contributed by atoms with van der Waals surface area (Å²) in [4.78, 5) is 12.9. The van der Waals surface area contributed by atoms with Crippen molar-refractivity contribution in [2.24, 2.45) is 5.73 Å². The van der Waals surface area contributed by atoms with E-state index in [0.717, 1.165) is 37.4 Å². The first-order valence-electron chi connectivity index (χ1n) is 6.00. The lowest BCUT2D eigenvalue weighted by Gasteiger charge is -2.18. The molecule has 1 rings (SSSR count). The quantitative estimate of drug-likeness (QED) is 0.742. The van der Waals surface area contributed by atoms with Gasteiger partial charge in [-0.15, -0.1) is 0 Å². The van der Waals surface area contributed by atoms with Crippen molar-refractivity contribution in [1.29, 1.82) is 0 Å². The number of nitrogens with two attached hydrogens (primary N) is 1. The van der Waals surface area contributed by atoms with Crippen molar-refractivity contribution < 1.29 is 0 Å². The molecule has 0 aromatic carbocycles. The normalized spacial score (nSPS) is 10.9. The minimum absolute atomic E-state index is 0.640. The van der Waals surface area contributed by atoms with Crippen LogP contribution >= 0.6 is 0 Å². The lowest BCUT2D eigenvalue weighted by atomic mass is 10.2.